The van der Waals surface area contributed by atoms with Crippen molar-refractivity contribution in [3.05, 3.63) is 70.8 Å². The van der Waals surface area contributed by atoms with E-state index in [1.54, 1.807) is 47.4 Å². The zero-order valence-corrected chi connectivity index (χ0v) is 18.0. The fourth-order valence-corrected chi connectivity index (χ4v) is 4.12. The predicted octanol–water partition coefficient (Wildman–Crippen LogP) is 1.38. The van der Waals surface area contributed by atoms with Crippen LogP contribution in [0.15, 0.2) is 48.5 Å². The lowest BCUT2D eigenvalue weighted by molar-refractivity contribution is -0.122. The largest absolute Gasteiger partial charge is 0.355 e. The van der Waals surface area contributed by atoms with Crippen molar-refractivity contribution >= 4 is 23.6 Å². The standard InChI is InChI=1S/C24H26N4O4/c1-2-25-21(29)16-26-10-12-27(13-11-26)22(30)18-7-5-6-17(14-18)15-28-23(31)19-8-3-4-9-20(19)24(28)32/h3-9,14H,2,10-13,15-16H2,1H3,(H,25,29). The van der Waals surface area contributed by atoms with Gasteiger partial charge >= 0.3 is 0 Å². The molecule has 2 aromatic rings. The molecule has 0 aliphatic carbocycles. The summed E-state index contributed by atoms with van der Waals surface area (Å²) in [4.78, 5) is 55.0. The minimum Gasteiger partial charge on any atom is -0.355 e. The van der Waals surface area contributed by atoms with Crippen LogP contribution in [-0.2, 0) is 11.3 Å². The summed E-state index contributed by atoms with van der Waals surface area (Å²) in [6, 6.07) is 13.9. The fourth-order valence-electron chi connectivity index (χ4n) is 4.12. The first-order valence-corrected chi connectivity index (χ1v) is 10.8. The highest BCUT2D eigenvalue weighted by atomic mass is 16.2. The third-order valence-electron chi connectivity index (χ3n) is 5.79. The van der Waals surface area contributed by atoms with E-state index in [4.69, 9.17) is 0 Å². The summed E-state index contributed by atoms with van der Waals surface area (Å²) < 4.78 is 0. The van der Waals surface area contributed by atoms with Gasteiger partial charge in [0, 0.05) is 38.3 Å². The van der Waals surface area contributed by atoms with Crippen LogP contribution in [0.4, 0.5) is 0 Å². The van der Waals surface area contributed by atoms with Gasteiger partial charge in [-0.3, -0.25) is 29.0 Å². The number of likely N-dealkylation sites (N-methyl/N-ethyl adjacent to an activating group) is 1. The lowest BCUT2D eigenvalue weighted by Crippen LogP contribution is -2.51. The van der Waals surface area contributed by atoms with Crippen molar-refractivity contribution in [2.24, 2.45) is 0 Å². The molecule has 8 heteroatoms. The number of rotatable bonds is 6. The SMILES string of the molecule is CCNC(=O)CN1CCN(C(=O)c2cccc(CN3C(=O)c4ccccc4C3=O)c2)CC1. The molecule has 32 heavy (non-hydrogen) atoms. The minimum absolute atomic E-state index is 0.00636. The Balaban J connectivity index is 1.39. The Morgan fingerprint density at radius 1 is 0.906 bits per heavy atom. The molecule has 4 amide bonds. The smallest absolute Gasteiger partial charge is 0.261 e. The van der Waals surface area contributed by atoms with Gasteiger partial charge in [0.1, 0.15) is 0 Å². The first kappa shape index (κ1) is 21.7. The van der Waals surface area contributed by atoms with Crippen LogP contribution in [-0.4, -0.2) is 77.6 Å². The van der Waals surface area contributed by atoms with E-state index >= 15 is 0 Å². The maximum absolute atomic E-state index is 13.0. The van der Waals surface area contributed by atoms with Crippen LogP contribution in [0, 0.1) is 0 Å². The van der Waals surface area contributed by atoms with E-state index in [9.17, 15) is 19.2 Å². The zero-order valence-electron chi connectivity index (χ0n) is 18.0. The average molecular weight is 434 g/mol. The molecule has 0 spiro atoms. The van der Waals surface area contributed by atoms with Gasteiger partial charge in [-0.15, -0.1) is 0 Å². The number of amides is 4. The number of hydrogen-bond donors (Lipinski definition) is 1. The summed E-state index contributed by atoms with van der Waals surface area (Å²) in [5, 5.41) is 2.79. The molecule has 8 nitrogen and oxygen atoms in total. The van der Waals surface area contributed by atoms with Gasteiger partial charge < -0.3 is 10.2 Å². The fraction of sp³-hybridized carbons (Fsp3) is 0.333. The molecule has 1 N–H and O–H groups in total. The molecule has 0 aromatic heterocycles. The van der Waals surface area contributed by atoms with Crippen molar-refractivity contribution < 1.29 is 19.2 Å². The van der Waals surface area contributed by atoms with Gasteiger partial charge in [0.2, 0.25) is 5.91 Å². The molecule has 0 radical (unpaired) electrons. The van der Waals surface area contributed by atoms with Crippen LogP contribution in [0.25, 0.3) is 0 Å². The number of benzene rings is 2. The van der Waals surface area contributed by atoms with E-state index in [2.05, 4.69) is 5.32 Å². The summed E-state index contributed by atoms with van der Waals surface area (Å²) in [6.07, 6.45) is 0. The molecule has 2 aliphatic heterocycles. The average Bonchev–Trinajstić information content (AvgIpc) is 3.04. The number of piperazine rings is 1. The second kappa shape index (κ2) is 9.32. The second-order valence-corrected chi connectivity index (χ2v) is 7.96. The molecule has 166 valence electrons. The van der Waals surface area contributed by atoms with E-state index in [1.807, 2.05) is 17.9 Å². The van der Waals surface area contributed by atoms with Crippen molar-refractivity contribution in [3.63, 3.8) is 0 Å². The Morgan fingerprint density at radius 3 is 2.19 bits per heavy atom. The molecule has 0 bridgehead atoms. The molecule has 0 atom stereocenters. The Hall–Kier alpha value is -3.52. The van der Waals surface area contributed by atoms with Gasteiger partial charge in [-0.05, 0) is 36.8 Å². The Kier molecular flexibility index (Phi) is 6.32. The van der Waals surface area contributed by atoms with Gasteiger partial charge in [0.25, 0.3) is 17.7 Å². The molecule has 0 saturated carbocycles. The summed E-state index contributed by atoms with van der Waals surface area (Å²) in [5.74, 6) is -0.726. The van der Waals surface area contributed by atoms with Crippen molar-refractivity contribution in [1.29, 1.82) is 0 Å². The molecule has 1 saturated heterocycles. The Morgan fingerprint density at radius 2 is 1.56 bits per heavy atom. The number of hydrogen-bond acceptors (Lipinski definition) is 5. The van der Waals surface area contributed by atoms with E-state index in [-0.39, 0.29) is 30.2 Å². The number of imide groups is 1. The molecule has 1 fully saturated rings. The van der Waals surface area contributed by atoms with Crippen LogP contribution in [0.1, 0.15) is 43.6 Å². The van der Waals surface area contributed by atoms with Gasteiger partial charge in [-0.25, -0.2) is 0 Å². The van der Waals surface area contributed by atoms with Gasteiger partial charge in [-0.2, -0.15) is 0 Å². The lowest BCUT2D eigenvalue weighted by atomic mass is 10.1. The highest BCUT2D eigenvalue weighted by molar-refractivity contribution is 6.21. The molecule has 4 rings (SSSR count). The maximum Gasteiger partial charge on any atom is 0.261 e. The molecule has 0 unspecified atom stereocenters. The van der Waals surface area contributed by atoms with Gasteiger partial charge in [0.15, 0.2) is 0 Å². The van der Waals surface area contributed by atoms with E-state index in [0.29, 0.717) is 56.0 Å². The summed E-state index contributed by atoms with van der Waals surface area (Å²) in [6.45, 7) is 5.31. The lowest BCUT2D eigenvalue weighted by Gasteiger charge is -2.34. The normalized spacial score (nSPS) is 16.3. The quantitative estimate of drug-likeness (QED) is 0.694. The zero-order chi connectivity index (χ0) is 22.7. The van der Waals surface area contributed by atoms with E-state index in [0.717, 1.165) is 5.56 Å². The number of fused-ring (bicyclic) bond motifs is 1. The maximum atomic E-state index is 13.0. The van der Waals surface area contributed by atoms with E-state index in [1.165, 1.54) is 4.90 Å². The predicted molar refractivity (Wildman–Crippen MR) is 118 cm³/mol. The van der Waals surface area contributed by atoms with Crippen LogP contribution in [0.5, 0.6) is 0 Å². The number of nitrogens with one attached hydrogen (secondary N) is 1. The van der Waals surface area contributed by atoms with Crippen LogP contribution < -0.4 is 5.32 Å². The van der Waals surface area contributed by atoms with Crippen molar-refractivity contribution in [2.75, 3.05) is 39.3 Å². The third kappa shape index (κ3) is 4.40. The van der Waals surface area contributed by atoms with Crippen molar-refractivity contribution in [1.82, 2.24) is 20.0 Å². The number of nitrogens with zero attached hydrogens (tertiary/aromatic N) is 3. The van der Waals surface area contributed by atoms with Gasteiger partial charge in [-0.1, -0.05) is 24.3 Å². The molecule has 2 aromatic carbocycles. The van der Waals surface area contributed by atoms with Crippen LogP contribution in [0.3, 0.4) is 0 Å². The number of carbonyl (C=O) groups excluding carboxylic acids is 4. The monoisotopic (exact) mass is 434 g/mol. The molecular weight excluding hydrogens is 408 g/mol. The topological polar surface area (TPSA) is 90.0 Å². The first-order chi connectivity index (χ1) is 15.5. The van der Waals surface area contributed by atoms with Crippen molar-refractivity contribution in [2.45, 2.75) is 13.5 Å². The molecule has 2 aliphatic rings. The summed E-state index contributed by atoms with van der Waals surface area (Å²) >= 11 is 0. The van der Waals surface area contributed by atoms with Crippen LogP contribution >= 0.6 is 0 Å². The number of carbonyl (C=O) groups is 4. The van der Waals surface area contributed by atoms with E-state index < -0.39 is 0 Å². The van der Waals surface area contributed by atoms with Crippen molar-refractivity contribution in [3.8, 4) is 0 Å². The van der Waals surface area contributed by atoms with Gasteiger partial charge in [0.05, 0.1) is 24.2 Å². The van der Waals surface area contributed by atoms with Crippen LogP contribution in [0.2, 0.25) is 0 Å². The Labute approximate surface area is 186 Å². The summed E-state index contributed by atoms with van der Waals surface area (Å²) in [5.41, 5.74) is 2.07. The molecular formula is C24H26N4O4. The first-order valence-electron chi connectivity index (χ1n) is 10.8. The highest BCUT2D eigenvalue weighted by Gasteiger charge is 2.35. The molecule has 2 heterocycles. The second-order valence-electron chi connectivity index (χ2n) is 7.96. The Bertz CT molecular complexity index is 1020. The third-order valence-corrected chi connectivity index (χ3v) is 5.79. The minimum atomic E-state index is -0.314. The summed E-state index contributed by atoms with van der Waals surface area (Å²) in [7, 11) is 0. The highest BCUT2D eigenvalue weighted by Crippen LogP contribution is 2.24.